The van der Waals surface area contributed by atoms with Crippen LogP contribution in [0.15, 0.2) is 53.5 Å². The molecule has 3 N–H and O–H groups in total. The maximum absolute atomic E-state index is 14.7. The zero-order valence-electron chi connectivity index (χ0n) is 19.3. The number of ether oxygens (including phenoxy) is 3. The average molecular weight is 539 g/mol. The van der Waals surface area contributed by atoms with Gasteiger partial charge in [-0.1, -0.05) is 17.7 Å². The molecule has 2 aliphatic heterocycles. The number of alkyl halides is 3. The highest BCUT2D eigenvalue weighted by atomic mass is 35.5. The van der Waals surface area contributed by atoms with Crippen LogP contribution in [0.4, 0.5) is 17.6 Å². The fourth-order valence-electron chi connectivity index (χ4n) is 4.00. The molecule has 0 aromatic heterocycles. The lowest BCUT2D eigenvalue weighted by Crippen LogP contribution is -2.31. The average Bonchev–Trinajstić information content (AvgIpc) is 3.23. The second kappa shape index (κ2) is 9.47. The molecular weight excluding hydrogens is 520 g/mol. The van der Waals surface area contributed by atoms with Gasteiger partial charge in [0.2, 0.25) is 0 Å². The predicted molar refractivity (Wildman–Crippen MR) is 127 cm³/mol. The second-order valence-corrected chi connectivity index (χ2v) is 8.57. The number of fused-ring (bicyclic) bond motifs is 4. The van der Waals surface area contributed by atoms with Crippen LogP contribution in [-0.2, 0) is 15.1 Å². The summed E-state index contributed by atoms with van der Waals surface area (Å²) in [5.41, 5.74) is 8.24. The highest BCUT2D eigenvalue weighted by Gasteiger charge is 2.47. The van der Waals surface area contributed by atoms with E-state index in [1.807, 2.05) is 24.3 Å². The Labute approximate surface area is 213 Å². The van der Waals surface area contributed by atoms with Crippen LogP contribution in [0.5, 0.6) is 17.2 Å². The lowest BCUT2D eigenvalue weighted by molar-refractivity contribution is -0.192. The summed E-state index contributed by atoms with van der Waals surface area (Å²) in [7, 11) is 1.59. The van der Waals surface area contributed by atoms with Crippen LogP contribution in [0.1, 0.15) is 16.7 Å². The molecule has 1 spiro atoms. The van der Waals surface area contributed by atoms with Crippen molar-refractivity contribution >= 4 is 23.6 Å². The highest BCUT2D eigenvalue weighted by Crippen LogP contribution is 2.52. The first-order valence-electron chi connectivity index (χ1n) is 10.6. The minimum absolute atomic E-state index is 0.0894. The number of aliphatic carboxylic acids is 1. The molecule has 2 heterocycles. The van der Waals surface area contributed by atoms with Crippen molar-refractivity contribution in [2.24, 2.45) is 10.7 Å². The van der Waals surface area contributed by atoms with Gasteiger partial charge in [-0.2, -0.15) is 13.2 Å². The summed E-state index contributed by atoms with van der Waals surface area (Å²) >= 11 is 6.26. The third kappa shape index (κ3) is 4.86. The van der Waals surface area contributed by atoms with Gasteiger partial charge < -0.3 is 25.1 Å². The molecule has 1 atom stereocenters. The normalized spacial score (nSPS) is 17.4. The Morgan fingerprint density at radius 3 is 2.32 bits per heavy atom. The van der Waals surface area contributed by atoms with Crippen molar-refractivity contribution in [3.63, 3.8) is 0 Å². The van der Waals surface area contributed by atoms with Gasteiger partial charge in [-0.05, 0) is 60.5 Å². The van der Waals surface area contributed by atoms with E-state index in [2.05, 4.69) is 4.99 Å². The molecule has 3 aromatic rings. The third-order valence-corrected chi connectivity index (χ3v) is 6.22. The number of amidine groups is 1. The number of aryl methyl sites for hydroxylation is 1. The number of hydrogen-bond donors (Lipinski definition) is 2. The summed E-state index contributed by atoms with van der Waals surface area (Å²) in [6.07, 6.45) is -5.08. The number of carbonyl (C=O) groups is 1. The number of aliphatic imine (C=N–C) groups is 1. The molecule has 1 unspecified atom stereocenters. The zero-order chi connectivity index (χ0) is 27.1. The molecule has 0 saturated carbocycles. The van der Waals surface area contributed by atoms with Gasteiger partial charge in [-0.15, -0.1) is 0 Å². The molecule has 0 bridgehead atoms. The number of halogens is 5. The number of rotatable bonds is 2. The minimum atomic E-state index is -5.08. The van der Waals surface area contributed by atoms with Gasteiger partial charge in [0.1, 0.15) is 29.7 Å². The molecule has 37 heavy (non-hydrogen) atoms. The fourth-order valence-corrected chi connectivity index (χ4v) is 4.16. The minimum Gasteiger partial charge on any atom is -0.497 e. The van der Waals surface area contributed by atoms with Crippen LogP contribution in [-0.4, -0.2) is 37.0 Å². The highest BCUT2D eigenvalue weighted by molar-refractivity contribution is 6.31. The third-order valence-electron chi connectivity index (χ3n) is 5.81. The van der Waals surface area contributed by atoms with Crippen LogP contribution >= 0.6 is 11.6 Å². The Bertz CT molecular complexity index is 1430. The molecule has 12 heteroatoms. The standard InChI is InChI=1S/C23H18ClFN2O3.C2HF3O2/c1-12-7-19(25)15(10-18(12)24)13-3-5-20-16(8-13)23(11-29-22(26)27-23)17-9-14(28-2)4-6-21(17)30-20;3-2(4,5)1(6)7/h3-10H,11H2,1-2H3,(H2,26,27);(H,6,7). The number of carboxylic acids is 1. The van der Waals surface area contributed by atoms with Crippen molar-refractivity contribution in [2.75, 3.05) is 13.7 Å². The Hall–Kier alpha value is -3.99. The largest absolute Gasteiger partial charge is 0.497 e. The molecule has 0 saturated heterocycles. The first-order valence-corrected chi connectivity index (χ1v) is 11.0. The van der Waals surface area contributed by atoms with Gasteiger partial charge in [-0.3, -0.25) is 0 Å². The van der Waals surface area contributed by atoms with Gasteiger partial charge in [0, 0.05) is 21.7 Å². The maximum Gasteiger partial charge on any atom is 0.490 e. The Balaban J connectivity index is 0.000000405. The van der Waals surface area contributed by atoms with Crippen molar-refractivity contribution < 1.29 is 41.7 Å². The first kappa shape index (κ1) is 26.1. The monoisotopic (exact) mass is 538 g/mol. The molecule has 3 aromatic carbocycles. The summed E-state index contributed by atoms with van der Waals surface area (Å²) < 4.78 is 63.6. The summed E-state index contributed by atoms with van der Waals surface area (Å²) in [6.45, 7) is 1.97. The smallest absolute Gasteiger partial charge is 0.490 e. The Kier molecular flexibility index (Phi) is 6.68. The molecule has 2 aliphatic rings. The van der Waals surface area contributed by atoms with Crippen LogP contribution in [0.25, 0.3) is 11.1 Å². The summed E-state index contributed by atoms with van der Waals surface area (Å²) in [5, 5.41) is 7.62. The lowest BCUT2D eigenvalue weighted by atomic mass is 9.80. The lowest BCUT2D eigenvalue weighted by Gasteiger charge is -2.34. The van der Waals surface area contributed by atoms with Crippen LogP contribution in [0, 0.1) is 12.7 Å². The van der Waals surface area contributed by atoms with E-state index in [0.29, 0.717) is 39.0 Å². The van der Waals surface area contributed by atoms with E-state index in [-0.39, 0.29) is 18.4 Å². The Morgan fingerprint density at radius 1 is 1.14 bits per heavy atom. The van der Waals surface area contributed by atoms with Crippen molar-refractivity contribution in [3.05, 3.63) is 76.1 Å². The fraction of sp³-hybridized carbons (Fsp3) is 0.200. The number of nitrogens with zero attached hydrogens (tertiary/aromatic N) is 1. The topological polar surface area (TPSA) is 103 Å². The van der Waals surface area contributed by atoms with Gasteiger partial charge in [0.05, 0.1) is 7.11 Å². The summed E-state index contributed by atoms with van der Waals surface area (Å²) in [5.74, 6) is -1.20. The summed E-state index contributed by atoms with van der Waals surface area (Å²) in [6, 6.07) is 14.1. The number of hydrogen-bond acceptors (Lipinski definition) is 6. The van der Waals surface area contributed by atoms with Gasteiger partial charge in [0.15, 0.2) is 5.54 Å². The predicted octanol–water partition coefficient (Wildman–Crippen LogP) is 5.79. The number of nitrogens with two attached hydrogens (primary N) is 1. The van der Waals surface area contributed by atoms with Crippen molar-refractivity contribution in [2.45, 2.75) is 18.6 Å². The second-order valence-electron chi connectivity index (χ2n) is 8.16. The quantitative estimate of drug-likeness (QED) is 0.400. The maximum atomic E-state index is 14.7. The van der Waals surface area contributed by atoms with Crippen molar-refractivity contribution in [1.29, 1.82) is 0 Å². The van der Waals surface area contributed by atoms with Crippen LogP contribution in [0.2, 0.25) is 5.02 Å². The Morgan fingerprint density at radius 2 is 1.76 bits per heavy atom. The molecule has 0 aliphatic carbocycles. The zero-order valence-corrected chi connectivity index (χ0v) is 20.1. The van der Waals surface area contributed by atoms with Crippen molar-refractivity contribution in [1.82, 2.24) is 0 Å². The molecule has 0 radical (unpaired) electrons. The molecule has 5 rings (SSSR count). The molecule has 7 nitrogen and oxygen atoms in total. The molecule has 194 valence electrons. The van der Waals surface area contributed by atoms with E-state index < -0.39 is 17.7 Å². The van der Waals surface area contributed by atoms with Crippen LogP contribution in [0.3, 0.4) is 0 Å². The molecule has 0 amide bonds. The van der Waals surface area contributed by atoms with Gasteiger partial charge >= 0.3 is 12.1 Å². The van der Waals surface area contributed by atoms with Gasteiger partial charge in [0.25, 0.3) is 6.02 Å². The van der Waals surface area contributed by atoms with E-state index in [1.54, 1.807) is 32.2 Å². The summed E-state index contributed by atoms with van der Waals surface area (Å²) in [4.78, 5) is 13.5. The van der Waals surface area contributed by atoms with E-state index in [4.69, 9.17) is 41.4 Å². The van der Waals surface area contributed by atoms with E-state index in [1.165, 1.54) is 6.07 Å². The van der Waals surface area contributed by atoms with E-state index in [9.17, 15) is 17.6 Å². The number of methoxy groups -OCH3 is 1. The van der Waals surface area contributed by atoms with Gasteiger partial charge in [-0.25, -0.2) is 14.2 Å². The number of benzene rings is 3. The van der Waals surface area contributed by atoms with E-state index >= 15 is 0 Å². The number of carboxylic acid groups (broad SMARTS) is 1. The molecule has 0 fully saturated rings. The van der Waals surface area contributed by atoms with Crippen molar-refractivity contribution in [3.8, 4) is 28.4 Å². The first-order chi connectivity index (χ1) is 17.4. The van der Waals surface area contributed by atoms with E-state index in [0.717, 1.165) is 11.1 Å². The van der Waals surface area contributed by atoms with Crippen LogP contribution < -0.4 is 15.2 Å². The molecular formula is C25H19ClF4N2O5. The SMILES string of the molecule is COc1ccc2c(c1)C1(COC(N)=N1)c1cc(-c3cc(Cl)c(C)cc3F)ccc1O2.O=C(O)C(F)(F)F.